The number of amides is 1. The van der Waals surface area contributed by atoms with E-state index in [1.54, 1.807) is 19.5 Å². The van der Waals surface area contributed by atoms with E-state index in [1.807, 2.05) is 6.07 Å². The molecule has 2 aliphatic rings. The molecular formula is C19H25FN8O2. The summed E-state index contributed by atoms with van der Waals surface area (Å²) in [6.07, 6.45) is 3.22. The van der Waals surface area contributed by atoms with Gasteiger partial charge in [0.25, 0.3) is 5.91 Å². The minimum absolute atomic E-state index is 0.0121. The largest absolute Gasteiger partial charge is 0.383 e. The zero-order chi connectivity index (χ0) is 21.1. The van der Waals surface area contributed by atoms with Gasteiger partial charge in [-0.3, -0.25) is 14.7 Å². The molecule has 1 saturated heterocycles. The number of nitrogen functional groups attached to an aromatic ring is 1. The zero-order valence-electron chi connectivity index (χ0n) is 16.8. The average molecular weight is 416 g/mol. The number of fused-ring (bicyclic) bond motifs is 1. The van der Waals surface area contributed by atoms with E-state index in [4.69, 9.17) is 10.5 Å². The van der Waals surface area contributed by atoms with Gasteiger partial charge in [0.1, 0.15) is 5.56 Å². The summed E-state index contributed by atoms with van der Waals surface area (Å²) in [4.78, 5) is 25.7. The van der Waals surface area contributed by atoms with Crippen LogP contribution in [0.1, 0.15) is 10.4 Å². The Labute approximate surface area is 173 Å². The Morgan fingerprint density at radius 3 is 2.93 bits per heavy atom. The van der Waals surface area contributed by atoms with Crippen molar-refractivity contribution in [3.63, 3.8) is 0 Å². The van der Waals surface area contributed by atoms with Crippen LogP contribution in [0.4, 0.5) is 27.4 Å². The number of rotatable bonds is 6. The molecular weight excluding hydrogens is 391 g/mol. The summed E-state index contributed by atoms with van der Waals surface area (Å²) < 4.78 is 20.0. The Balaban J connectivity index is 1.50. The van der Waals surface area contributed by atoms with Gasteiger partial charge in [-0.15, -0.1) is 0 Å². The van der Waals surface area contributed by atoms with Gasteiger partial charge in [0.05, 0.1) is 30.7 Å². The Morgan fingerprint density at radius 2 is 2.17 bits per heavy atom. The molecule has 4 rings (SSSR count). The minimum Gasteiger partial charge on any atom is -0.383 e. The number of hydrogen-bond donors (Lipinski definition) is 2. The Bertz CT molecular complexity index is 939. The van der Waals surface area contributed by atoms with Crippen LogP contribution in [0, 0.1) is 0 Å². The number of nitrogens with one attached hydrogen (secondary N) is 1. The van der Waals surface area contributed by atoms with E-state index in [9.17, 15) is 9.18 Å². The van der Waals surface area contributed by atoms with E-state index in [0.717, 1.165) is 44.6 Å². The van der Waals surface area contributed by atoms with E-state index in [0.29, 0.717) is 12.3 Å². The van der Waals surface area contributed by atoms with Crippen molar-refractivity contribution >= 4 is 35.1 Å². The first-order valence-corrected chi connectivity index (χ1v) is 9.83. The number of ether oxygens (including phenoxy) is 1. The van der Waals surface area contributed by atoms with Crippen LogP contribution >= 0.6 is 0 Å². The number of methoxy groups -OCH3 is 1. The number of alkyl halides is 1. The minimum atomic E-state index is -1.25. The fourth-order valence-electron chi connectivity index (χ4n) is 3.69. The molecule has 0 radical (unpaired) electrons. The zero-order valence-corrected chi connectivity index (χ0v) is 16.8. The van der Waals surface area contributed by atoms with Gasteiger partial charge in [-0.05, 0) is 6.07 Å². The highest BCUT2D eigenvalue weighted by Gasteiger charge is 2.27. The fraction of sp³-hybridized carbons (Fsp3) is 0.474. The molecule has 2 aliphatic heterocycles. The number of aromatic nitrogens is 3. The number of pyridine rings is 1. The van der Waals surface area contributed by atoms with Gasteiger partial charge >= 0.3 is 0 Å². The highest BCUT2D eigenvalue weighted by Crippen LogP contribution is 2.31. The third-order valence-electron chi connectivity index (χ3n) is 5.26. The van der Waals surface area contributed by atoms with Gasteiger partial charge in [-0.1, -0.05) is 0 Å². The van der Waals surface area contributed by atoms with Crippen molar-refractivity contribution in [2.24, 2.45) is 4.99 Å². The number of piperazine rings is 1. The molecule has 0 spiro atoms. The van der Waals surface area contributed by atoms with E-state index < -0.39 is 12.1 Å². The van der Waals surface area contributed by atoms with Crippen LogP contribution in [0.2, 0.25) is 0 Å². The molecule has 11 heteroatoms. The number of anilines is 3. The van der Waals surface area contributed by atoms with Crippen LogP contribution in [0.5, 0.6) is 0 Å². The molecule has 0 saturated carbocycles. The molecule has 160 valence electrons. The fourth-order valence-corrected chi connectivity index (χ4v) is 3.69. The smallest absolute Gasteiger partial charge is 0.263 e. The normalized spacial score (nSPS) is 19.0. The summed E-state index contributed by atoms with van der Waals surface area (Å²) in [5.41, 5.74) is 7.53. The molecule has 2 aromatic heterocycles. The average Bonchev–Trinajstić information content (AvgIpc) is 3.08. The molecule has 1 amide bonds. The van der Waals surface area contributed by atoms with Crippen molar-refractivity contribution in [3.05, 3.63) is 24.0 Å². The van der Waals surface area contributed by atoms with Crippen LogP contribution in [-0.4, -0.2) is 84.4 Å². The number of hydrogen-bond acceptors (Lipinski definition) is 8. The number of halogens is 1. The lowest BCUT2D eigenvalue weighted by Gasteiger charge is -2.36. The second kappa shape index (κ2) is 8.76. The Morgan fingerprint density at radius 1 is 1.37 bits per heavy atom. The molecule has 30 heavy (non-hydrogen) atoms. The second-order valence-corrected chi connectivity index (χ2v) is 7.23. The molecule has 4 heterocycles. The summed E-state index contributed by atoms with van der Waals surface area (Å²) >= 11 is 0. The third-order valence-corrected chi connectivity index (χ3v) is 5.26. The van der Waals surface area contributed by atoms with Crippen molar-refractivity contribution in [2.75, 3.05) is 62.4 Å². The van der Waals surface area contributed by atoms with Crippen molar-refractivity contribution in [1.29, 1.82) is 0 Å². The summed E-state index contributed by atoms with van der Waals surface area (Å²) in [6.45, 7) is 5.05. The van der Waals surface area contributed by atoms with Gasteiger partial charge in [0, 0.05) is 52.2 Å². The standard InChI is InChI=1S/C19H25FN8O2/c1-30-9-8-26-4-6-27(7-5-26)15-2-3-22-11-14(15)24-19(29)16-17(21)25-28-12-13(20)10-23-18(16)28/h2-3,10-11,13H,4-9,12H2,1H3,(H2,21,25)(H,24,29). The lowest BCUT2D eigenvalue weighted by molar-refractivity contribution is 0.102. The predicted octanol–water partition coefficient (Wildman–Crippen LogP) is 0.935. The number of nitrogens with two attached hydrogens (primary N) is 1. The highest BCUT2D eigenvalue weighted by atomic mass is 19.1. The van der Waals surface area contributed by atoms with Gasteiger partial charge in [0.2, 0.25) is 0 Å². The molecule has 1 fully saturated rings. The van der Waals surface area contributed by atoms with Crippen LogP contribution in [0.15, 0.2) is 23.5 Å². The number of carbonyl (C=O) groups excluding carboxylic acids is 1. The van der Waals surface area contributed by atoms with E-state index in [-0.39, 0.29) is 23.7 Å². The molecule has 3 N–H and O–H groups in total. The maximum atomic E-state index is 13.5. The molecule has 2 aromatic rings. The molecule has 1 atom stereocenters. The molecule has 0 aromatic carbocycles. The maximum absolute atomic E-state index is 13.5. The summed E-state index contributed by atoms with van der Waals surface area (Å²) in [6, 6.07) is 1.88. The SMILES string of the molecule is COCCN1CCN(c2ccncc2NC(=O)c2c(N)nn3c2N=CC(F)C3)CC1. The monoisotopic (exact) mass is 416 g/mol. The lowest BCUT2D eigenvalue weighted by atomic mass is 10.2. The summed E-state index contributed by atoms with van der Waals surface area (Å²) in [5, 5.41) is 6.93. The van der Waals surface area contributed by atoms with Gasteiger partial charge < -0.3 is 20.7 Å². The first-order valence-electron chi connectivity index (χ1n) is 9.83. The topological polar surface area (TPSA) is 114 Å². The van der Waals surface area contributed by atoms with Crippen molar-refractivity contribution in [1.82, 2.24) is 19.7 Å². The first kappa shape index (κ1) is 20.2. The maximum Gasteiger partial charge on any atom is 0.263 e. The quantitative estimate of drug-likeness (QED) is 0.720. The molecule has 0 bridgehead atoms. The number of aliphatic imine (C=N–C) groups is 1. The van der Waals surface area contributed by atoms with Crippen molar-refractivity contribution in [3.8, 4) is 0 Å². The highest BCUT2D eigenvalue weighted by molar-refractivity contribution is 6.11. The predicted molar refractivity (Wildman–Crippen MR) is 112 cm³/mol. The lowest BCUT2D eigenvalue weighted by Crippen LogP contribution is -2.47. The Hall–Kier alpha value is -3.05. The van der Waals surface area contributed by atoms with Crippen LogP contribution < -0.4 is 16.0 Å². The summed E-state index contributed by atoms with van der Waals surface area (Å²) in [7, 11) is 1.70. The number of nitrogens with zero attached hydrogens (tertiary/aromatic N) is 6. The van der Waals surface area contributed by atoms with Crippen LogP contribution in [0.25, 0.3) is 0 Å². The van der Waals surface area contributed by atoms with Crippen molar-refractivity contribution in [2.45, 2.75) is 12.7 Å². The Kier molecular flexibility index (Phi) is 5.91. The van der Waals surface area contributed by atoms with E-state index >= 15 is 0 Å². The molecule has 0 aliphatic carbocycles. The van der Waals surface area contributed by atoms with E-state index in [2.05, 4.69) is 30.2 Å². The second-order valence-electron chi connectivity index (χ2n) is 7.23. The van der Waals surface area contributed by atoms with Gasteiger partial charge in [0.15, 0.2) is 17.8 Å². The van der Waals surface area contributed by atoms with Gasteiger partial charge in [-0.2, -0.15) is 5.10 Å². The first-order chi connectivity index (χ1) is 14.6. The van der Waals surface area contributed by atoms with E-state index in [1.165, 1.54) is 4.68 Å². The molecule has 10 nitrogen and oxygen atoms in total. The van der Waals surface area contributed by atoms with Crippen LogP contribution in [0.3, 0.4) is 0 Å². The van der Waals surface area contributed by atoms with Crippen molar-refractivity contribution < 1.29 is 13.9 Å². The molecule has 1 unspecified atom stereocenters. The van der Waals surface area contributed by atoms with Gasteiger partial charge in [-0.25, -0.2) is 14.1 Å². The van der Waals surface area contributed by atoms with Crippen LogP contribution in [-0.2, 0) is 11.3 Å². The summed E-state index contributed by atoms with van der Waals surface area (Å²) in [5.74, 6) is -0.168. The number of carbonyl (C=O) groups is 1. The third kappa shape index (κ3) is 4.12.